The Bertz CT molecular complexity index is 1240. The molecule has 0 unspecified atom stereocenters. The van der Waals surface area contributed by atoms with Crippen LogP contribution in [-0.4, -0.2) is 14.5 Å². The van der Waals surface area contributed by atoms with Crippen molar-refractivity contribution in [1.82, 2.24) is 14.5 Å². The van der Waals surface area contributed by atoms with Crippen molar-refractivity contribution >= 4 is 11.6 Å². The monoisotopic (exact) mass is 525 g/mol. The summed E-state index contributed by atoms with van der Waals surface area (Å²) in [6.45, 7) is 0. The molecule has 5 rings (SSSR count). The molecule has 148 valence electrons. The Morgan fingerprint density at radius 2 is 1.58 bits per heavy atom. The van der Waals surface area contributed by atoms with E-state index < -0.39 is 0 Å². The summed E-state index contributed by atoms with van der Waals surface area (Å²) in [4.78, 5) is 20.1. The minimum Gasteiger partial charge on any atom is -0.519 e. The second-order valence-electron chi connectivity index (χ2n) is 6.60. The Kier molecular flexibility index (Phi) is 8.20. The molecule has 2 aliphatic rings. The summed E-state index contributed by atoms with van der Waals surface area (Å²) in [5.41, 5.74) is 3.35. The van der Waals surface area contributed by atoms with Gasteiger partial charge in [-0.25, -0.2) is 4.98 Å². The van der Waals surface area contributed by atoms with Crippen LogP contribution in [0.2, 0.25) is 5.02 Å². The number of hydrogen-bond donors (Lipinski definition) is 1. The molecule has 3 aromatic carbocycles. The molecule has 0 amide bonds. The molecule has 1 N–H and O–H groups in total. The summed E-state index contributed by atoms with van der Waals surface area (Å²) in [5, 5.41) is 0.763. The Hall–Kier alpha value is -2.71. The van der Waals surface area contributed by atoms with Gasteiger partial charge < -0.3 is 4.98 Å². The van der Waals surface area contributed by atoms with Gasteiger partial charge in [0.15, 0.2) is 0 Å². The Labute approximate surface area is 206 Å². The minimum absolute atomic E-state index is 0. The zero-order valence-corrected chi connectivity index (χ0v) is 21.5. The quantitative estimate of drug-likeness (QED) is 0.261. The van der Waals surface area contributed by atoms with Crippen molar-refractivity contribution in [3.05, 3.63) is 130 Å². The van der Waals surface area contributed by atoms with E-state index in [-0.39, 0.29) is 32.9 Å². The molecular weight excluding hydrogens is 506 g/mol. The minimum atomic E-state index is -0.0914. The van der Waals surface area contributed by atoms with E-state index in [1.54, 1.807) is 35.0 Å². The van der Waals surface area contributed by atoms with E-state index in [9.17, 15) is 4.79 Å². The molecule has 6 heteroatoms. The molecular formula is C25H18CdClN3O. The number of hydrogen-bond acceptors (Lipinski definition) is 2. The standard InChI is InChI=1S/C19H14N3O.C6H4Cl.Cd/c23-19-16(11-14-7-3-1-4-8-14)21-18-12-20-17(13-22(18)19)15-9-5-2-6-10-15;7-6-4-2-1-3-5-6;/h1-10,13,20H,11H2;2-5H;/q2*-1;+2. The van der Waals surface area contributed by atoms with Gasteiger partial charge in [0.05, 0.1) is 5.82 Å². The molecule has 4 nitrogen and oxygen atoms in total. The van der Waals surface area contributed by atoms with E-state index in [0.29, 0.717) is 17.9 Å². The molecule has 0 fully saturated rings. The number of nitrogens with zero attached hydrogens (tertiary/aromatic N) is 2. The summed E-state index contributed by atoms with van der Waals surface area (Å²) in [6.07, 6.45) is 5.30. The van der Waals surface area contributed by atoms with Gasteiger partial charge in [-0.2, -0.15) is 30.3 Å². The second-order valence-corrected chi connectivity index (χ2v) is 7.03. The number of fused-ring (bicyclic) bond motifs is 1. The maximum atomic E-state index is 12.6. The number of halogens is 1. The van der Waals surface area contributed by atoms with Crippen molar-refractivity contribution in [1.29, 1.82) is 0 Å². The van der Waals surface area contributed by atoms with E-state index in [1.807, 2.05) is 60.7 Å². The van der Waals surface area contributed by atoms with Gasteiger partial charge in [0.2, 0.25) is 0 Å². The van der Waals surface area contributed by atoms with Crippen LogP contribution in [0.25, 0.3) is 17.1 Å². The van der Waals surface area contributed by atoms with Gasteiger partial charge in [-0.3, -0.25) is 9.36 Å². The fourth-order valence-electron chi connectivity index (χ4n) is 2.99. The molecule has 0 saturated heterocycles. The largest absolute Gasteiger partial charge is 2.00 e. The first-order chi connectivity index (χ1) is 14.7. The molecule has 2 heterocycles. The number of rotatable bonds is 3. The second kappa shape index (κ2) is 11.1. The summed E-state index contributed by atoms with van der Waals surface area (Å²) in [7, 11) is 0. The smallest absolute Gasteiger partial charge is 0.519 e. The van der Waals surface area contributed by atoms with Gasteiger partial charge in [0, 0.05) is 6.42 Å². The van der Waals surface area contributed by atoms with Crippen LogP contribution in [0.3, 0.4) is 0 Å². The first kappa shape index (κ1) is 23.0. The third-order valence-corrected chi connectivity index (χ3v) is 4.73. The molecule has 0 aliphatic carbocycles. The third-order valence-electron chi connectivity index (χ3n) is 4.48. The third kappa shape index (κ3) is 5.92. The van der Waals surface area contributed by atoms with Crippen molar-refractivity contribution < 1.29 is 27.3 Å². The maximum absolute atomic E-state index is 12.6. The van der Waals surface area contributed by atoms with E-state index in [0.717, 1.165) is 21.8 Å². The van der Waals surface area contributed by atoms with Crippen molar-refractivity contribution in [3.63, 3.8) is 0 Å². The van der Waals surface area contributed by atoms with Crippen LogP contribution in [-0.2, 0) is 33.7 Å². The van der Waals surface area contributed by atoms with Crippen LogP contribution in [0.1, 0.15) is 11.3 Å². The fourth-order valence-corrected chi connectivity index (χ4v) is 3.12. The first-order valence-corrected chi connectivity index (χ1v) is 9.81. The predicted octanol–water partition coefficient (Wildman–Crippen LogP) is 5.19. The summed E-state index contributed by atoms with van der Waals surface area (Å²) in [6, 6.07) is 29.7. The Morgan fingerprint density at radius 3 is 2.19 bits per heavy atom. The zero-order valence-electron chi connectivity index (χ0n) is 16.8. The molecule has 0 spiro atoms. The Balaban J connectivity index is 0.000000292. The molecule has 0 aromatic heterocycles. The molecule has 31 heavy (non-hydrogen) atoms. The van der Waals surface area contributed by atoms with Crippen molar-refractivity contribution in [2.45, 2.75) is 6.42 Å². The molecule has 3 aromatic rings. The van der Waals surface area contributed by atoms with Gasteiger partial charge in [-0.1, -0.05) is 76.9 Å². The number of imidazole rings is 1. The van der Waals surface area contributed by atoms with Crippen LogP contribution >= 0.6 is 11.6 Å². The summed E-state index contributed by atoms with van der Waals surface area (Å²) in [5.74, 6) is 0.514. The van der Waals surface area contributed by atoms with Crippen LogP contribution in [0.4, 0.5) is 0 Å². The molecule has 0 radical (unpaired) electrons. The number of aromatic amines is 1. The number of aromatic nitrogens is 3. The van der Waals surface area contributed by atoms with Gasteiger partial charge in [-0.05, 0) is 11.8 Å². The van der Waals surface area contributed by atoms with Crippen LogP contribution in [0.5, 0.6) is 0 Å². The first-order valence-electron chi connectivity index (χ1n) is 9.43. The SMILES string of the molecule is Clc1cc[c-]cc1.O=c1c(Cc2ccccc2)nc2[c-][nH]c(-c3ccccc3)cn1-2.[Cd+2]. The van der Waals surface area contributed by atoms with E-state index in [4.69, 9.17) is 11.6 Å². The number of nitrogens with one attached hydrogen (secondary N) is 1. The molecule has 0 atom stereocenters. The van der Waals surface area contributed by atoms with E-state index in [1.165, 1.54) is 0 Å². The van der Waals surface area contributed by atoms with Gasteiger partial charge in [-0.15, -0.1) is 17.8 Å². The summed E-state index contributed by atoms with van der Waals surface area (Å²) >= 11 is 5.52. The zero-order chi connectivity index (χ0) is 20.8. The Morgan fingerprint density at radius 1 is 0.935 bits per heavy atom. The van der Waals surface area contributed by atoms with E-state index >= 15 is 0 Å². The predicted molar refractivity (Wildman–Crippen MR) is 119 cm³/mol. The fraction of sp³-hybridized carbons (Fsp3) is 0.0400. The normalized spacial score (nSPS) is 10.1. The number of benzene rings is 3. The van der Waals surface area contributed by atoms with Gasteiger partial charge >= 0.3 is 27.3 Å². The molecule has 2 aliphatic heterocycles. The molecule has 0 saturated carbocycles. The maximum Gasteiger partial charge on any atom is 2.00 e. The van der Waals surface area contributed by atoms with Gasteiger partial charge in [0.1, 0.15) is 5.69 Å². The van der Waals surface area contributed by atoms with Crippen LogP contribution < -0.4 is 5.56 Å². The number of H-pyrrole nitrogens is 1. The molecule has 0 bridgehead atoms. The average Bonchev–Trinajstić information content (AvgIpc) is 3.11. The van der Waals surface area contributed by atoms with Crippen molar-refractivity contribution in [2.24, 2.45) is 0 Å². The van der Waals surface area contributed by atoms with E-state index in [2.05, 4.69) is 22.2 Å². The van der Waals surface area contributed by atoms with Crippen LogP contribution in [0.15, 0.2) is 95.9 Å². The van der Waals surface area contributed by atoms with Gasteiger partial charge in [0.25, 0.3) is 5.56 Å². The summed E-state index contributed by atoms with van der Waals surface area (Å²) < 4.78 is 1.55. The average molecular weight is 524 g/mol. The van der Waals surface area contributed by atoms with Crippen molar-refractivity contribution in [2.75, 3.05) is 0 Å². The van der Waals surface area contributed by atoms with Crippen LogP contribution in [0, 0.1) is 12.3 Å². The van der Waals surface area contributed by atoms with Crippen molar-refractivity contribution in [3.8, 4) is 17.1 Å². The topological polar surface area (TPSA) is 50.7 Å².